The van der Waals surface area contributed by atoms with E-state index in [1.54, 1.807) is 6.07 Å². The number of aliphatic hydroxyl groups excluding tert-OH is 1. The fourth-order valence-electron chi connectivity index (χ4n) is 3.42. The zero-order chi connectivity index (χ0) is 14.7. The number of hydrogen-bond donors (Lipinski definition) is 3. The highest BCUT2D eigenvalue weighted by Crippen LogP contribution is 2.43. The van der Waals surface area contributed by atoms with E-state index in [4.69, 9.17) is 5.11 Å². The number of anilines is 1. The molecule has 2 bridgehead atoms. The van der Waals surface area contributed by atoms with E-state index >= 15 is 0 Å². The van der Waals surface area contributed by atoms with Gasteiger partial charge in [-0.15, -0.1) is 0 Å². The molecular weight excluding hydrogens is 264 g/mol. The molecule has 2 aliphatic carbocycles. The topological polar surface area (TPSA) is 61.4 Å². The summed E-state index contributed by atoms with van der Waals surface area (Å²) >= 11 is 0. The Labute approximate surface area is 125 Å². The van der Waals surface area contributed by atoms with Crippen molar-refractivity contribution < 1.29 is 9.90 Å². The van der Waals surface area contributed by atoms with Crippen LogP contribution in [0.25, 0.3) is 0 Å². The quantitative estimate of drug-likeness (QED) is 0.701. The summed E-state index contributed by atoms with van der Waals surface area (Å²) in [5.74, 6) is 2.10. The number of benzene rings is 1. The molecule has 0 heterocycles. The lowest BCUT2D eigenvalue weighted by atomic mass is 9.93. The smallest absolute Gasteiger partial charge is 0.251 e. The lowest BCUT2D eigenvalue weighted by molar-refractivity contribution is 0.0945. The summed E-state index contributed by atoms with van der Waals surface area (Å²) in [5, 5.41) is 14.9. The second-order valence-corrected chi connectivity index (χ2v) is 5.98. The van der Waals surface area contributed by atoms with Gasteiger partial charge in [0.2, 0.25) is 0 Å². The molecule has 4 nitrogen and oxygen atoms in total. The molecular formula is C17H22N2O2. The van der Waals surface area contributed by atoms with E-state index < -0.39 is 0 Å². The third-order valence-electron chi connectivity index (χ3n) is 4.51. The summed E-state index contributed by atoms with van der Waals surface area (Å²) in [7, 11) is 0. The van der Waals surface area contributed by atoms with Crippen molar-refractivity contribution in [2.45, 2.75) is 12.8 Å². The number of rotatable bonds is 6. The lowest BCUT2D eigenvalue weighted by Gasteiger charge is -2.19. The Kier molecular flexibility index (Phi) is 4.25. The van der Waals surface area contributed by atoms with Crippen molar-refractivity contribution in [3.05, 3.63) is 42.0 Å². The van der Waals surface area contributed by atoms with Crippen LogP contribution in [-0.2, 0) is 0 Å². The first-order valence-corrected chi connectivity index (χ1v) is 7.67. The van der Waals surface area contributed by atoms with Gasteiger partial charge in [0.05, 0.1) is 6.61 Å². The molecule has 0 aliphatic heterocycles. The number of hydrogen-bond acceptors (Lipinski definition) is 3. The minimum Gasteiger partial charge on any atom is -0.395 e. The molecule has 3 N–H and O–H groups in total. The molecule has 4 heteroatoms. The van der Waals surface area contributed by atoms with Gasteiger partial charge in [-0.1, -0.05) is 18.2 Å². The average Bonchev–Trinajstić information content (AvgIpc) is 3.13. The number of carbonyl (C=O) groups is 1. The van der Waals surface area contributed by atoms with Crippen LogP contribution in [-0.4, -0.2) is 30.7 Å². The molecule has 3 rings (SSSR count). The van der Waals surface area contributed by atoms with Gasteiger partial charge >= 0.3 is 0 Å². The molecule has 1 aromatic carbocycles. The Balaban J connectivity index is 1.56. The molecule has 1 fully saturated rings. The van der Waals surface area contributed by atoms with Crippen LogP contribution in [0.15, 0.2) is 36.4 Å². The van der Waals surface area contributed by atoms with Gasteiger partial charge in [0.15, 0.2) is 0 Å². The van der Waals surface area contributed by atoms with Crippen LogP contribution in [0.2, 0.25) is 0 Å². The van der Waals surface area contributed by atoms with Gasteiger partial charge in [-0.3, -0.25) is 4.79 Å². The molecule has 0 saturated heterocycles. The fourth-order valence-corrected chi connectivity index (χ4v) is 3.42. The third kappa shape index (κ3) is 3.27. The Hall–Kier alpha value is -1.81. The Bertz CT molecular complexity index is 541. The number of amides is 1. The molecule has 3 atom stereocenters. The molecule has 1 saturated carbocycles. The van der Waals surface area contributed by atoms with Crippen molar-refractivity contribution in [3.63, 3.8) is 0 Å². The summed E-state index contributed by atoms with van der Waals surface area (Å²) < 4.78 is 0. The molecule has 112 valence electrons. The van der Waals surface area contributed by atoms with Crippen LogP contribution in [0.5, 0.6) is 0 Å². The first kappa shape index (κ1) is 14.1. The molecule has 1 aromatic rings. The van der Waals surface area contributed by atoms with Crippen LogP contribution in [0.3, 0.4) is 0 Å². The van der Waals surface area contributed by atoms with Crippen LogP contribution in [0, 0.1) is 17.8 Å². The van der Waals surface area contributed by atoms with Gasteiger partial charge in [0, 0.05) is 24.3 Å². The van der Waals surface area contributed by atoms with E-state index in [0.29, 0.717) is 11.5 Å². The first-order chi connectivity index (χ1) is 10.3. The van der Waals surface area contributed by atoms with Gasteiger partial charge in [-0.2, -0.15) is 0 Å². The summed E-state index contributed by atoms with van der Waals surface area (Å²) in [6.07, 6.45) is 7.31. The van der Waals surface area contributed by atoms with E-state index in [9.17, 15) is 4.79 Å². The minimum atomic E-state index is -0.143. The average molecular weight is 286 g/mol. The van der Waals surface area contributed by atoms with Crippen molar-refractivity contribution in [1.82, 2.24) is 5.32 Å². The predicted octanol–water partition coefficient (Wildman–Crippen LogP) is 2.03. The Morgan fingerprint density at radius 3 is 2.90 bits per heavy atom. The second-order valence-electron chi connectivity index (χ2n) is 5.98. The highest BCUT2D eigenvalue weighted by molar-refractivity contribution is 5.95. The normalized spacial score (nSPS) is 26.0. The van der Waals surface area contributed by atoms with Crippen molar-refractivity contribution in [2.24, 2.45) is 17.8 Å². The minimum absolute atomic E-state index is 0.0402. The van der Waals surface area contributed by atoms with Gasteiger partial charge in [-0.05, 0) is 48.8 Å². The number of allylic oxidation sites excluding steroid dienone is 2. The SMILES string of the molecule is O=C(NCCO)c1cccc(NCC2CC3C=CC2C3)c1. The molecule has 0 spiro atoms. The van der Waals surface area contributed by atoms with E-state index in [1.807, 2.05) is 18.2 Å². The van der Waals surface area contributed by atoms with Crippen molar-refractivity contribution >= 4 is 11.6 Å². The van der Waals surface area contributed by atoms with E-state index in [0.717, 1.165) is 24.1 Å². The summed E-state index contributed by atoms with van der Waals surface area (Å²) in [6.45, 7) is 1.21. The van der Waals surface area contributed by atoms with Gasteiger partial charge in [0.1, 0.15) is 0 Å². The maximum Gasteiger partial charge on any atom is 0.251 e. The van der Waals surface area contributed by atoms with E-state index in [-0.39, 0.29) is 19.1 Å². The first-order valence-electron chi connectivity index (χ1n) is 7.67. The predicted molar refractivity (Wildman–Crippen MR) is 83.2 cm³/mol. The maximum absolute atomic E-state index is 11.9. The van der Waals surface area contributed by atoms with Gasteiger partial charge in [0.25, 0.3) is 5.91 Å². The Morgan fingerprint density at radius 2 is 2.19 bits per heavy atom. The van der Waals surface area contributed by atoms with Crippen molar-refractivity contribution in [3.8, 4) is 0 Å². The second kappa shape index (κ2) is 6.31. The zero-order valence-electron chi connectivity index (χ0n) is 12.1. The molecule has 21 heavy (non-hydrogen) atoms. The molecule has 0 radical (unpaired) electrons. The van der Waals surface area contributed by atoms with Gasteiger partial charge in [-0.25, -0.2) is 0 Å². The zero-order valence-corrected chi connectivity index (χ0v) is 12.1. The summed E-state index contributed by atoms with van der Waals surface area (Å²) in [4.78, 5) is 11.9. The van der Waals surface area contributed by atoms with Crippen LogP contribution >= 0.6 is 0 Å². The standard InChI is InChI=1S/C17H22N2O2/c20-7-6-18-17(21)14-2-1-3-16(10-14)19-11-15-9-12-4-5-13(15)8-12/h1-5,10,12-13,15,19-20H,6-9,11H2,(H,18,21). The van der Waals surface area contributed by atoms with Crippen LogP contribution < -0.4 is 10.6 Å². The Morgan fingerprint density at radius 1 is 1.29 bits per heavy atom. The number of fused-ring (bicyclic) bond motifs is 2. The number of nitrogens with one attached hydrogen (secondary N) is 2. The van der Waals surface area contributed by atoms with Crippen LogP contribution in [0.4, 0.5) is 5.69 Å². The molecule has 0 aromatic heterocycles. The van der Waals surface area contributed by atoms with Crippen molar-refractivity contribution in [1.29, 1.82) is 0 Å². The molecule has 2 aliphatic rings. The van der Waals surface area contributed by atoms with E-state index in [1.165, 1.54) is 12.8 Å². The molecule has 3 unspecified atom stereocenters. The highest BCUT2D eigenvalue weighted by atomic mass is 16.3. The highest BCUT2D eigenvalue weighted by Gasteiger charge is 2.35. The number of aliphatic hydroxyl groups is 1. The summed E-state index contributed by atoms with van der Waals surface area (Å²) in [5.41, 5.74) is 1.61. The van der Waals surface area contributed by atoms with Crippen molar-refractivity contribution in [2.75, 3.05) is 25.0 Å². The lowest BCUT2D eigenvalue weighted by Crippen LogP contribution is -2.26. The fraction of sp³-hybridized carbons (Fsp3) is 0.471. The maximum atomic E-state index is 11.9. The summed E-state index contributed by atoms with van der Waals surface area (Å²) in [6, 6.07) is 7.54. The third-order valence-corrected chi connectivity index (χ3v) is 4.51. The largest absolute Gasteiger partial charge is 0.395 e. The number of carbonyl (C=O) groups excluding carboxylic acids is 1. The van der Waals surface area contributed by atoms with Gasteiger partial charge < -0.3 is 15.7 Å². The van der Waals surface area contributed by atoms with Crippen LogP contribution in [0.1, 0.15) is 23.2 Å². The monoisotopic (exact) mass is 286 g/mol. The van der Waals surface area contributed by atoms with E-state index in [2.05, 4.69) is 22.8 Å². The molecule has 1 amide bonds.